The Balaban J connectivity index is 1.55. The maximum absolute atomic E-state index is 13.2. The molecule has 6 nitrogen and oxygen atoms in total. The van der Waals surface area contributed by atoms with Crippen LogP contribution in [0, 0.1) is 5.82 Å². The summed E-state index contributed by atoms with van der Waals surface area (Å²) in [5.74, 6) is -0.404. The lowest BCUT2D eigenvalue weighted by atomic mass is 10.3. The van der Waals surface area contributed by atoms with Gasteiger partial charge in [-0.1, -0.05) is 11.3 Å². The van der Waals surface area contributed by atoms with Gasteiger partial charge in [0.2, 0.25) is 11.8 Å². The SMILES string of the molecule is CC(=O)N1CCN(CC(=O)Nc2nc3ccc(F)cc3s2)CC1. The van der Waals surface area contributed by atoms with Crippen molar-refractivity contribution < 1.29 is 14.0 Å². The highest BCUT2D eigenvalue weighted by molar-refractivity contribution is 7.22. The van der Waals surface area contributed by atoms with Gasteiger partial charge in [-0.05, 0) is 18.2 Å². The maximum Gasteiger partial charge on any atom is 0.240 e. The highest BCUT2D eigenvalue weighted by atomic mass is 32.1. The van der Waals surface area contributed by atoms with E-state index in [4.69, 9.17) is 0 Å². The molecule has 2 aromatic rings. The van der Waals surface area contributed by atoms with E-state index in [0.29, 0.717) is 41.5 Å². The lowest BCUT2D eigenvalue weighted by molar-refractivity contribution is -0.130. The topological polar surface area (TPSA) is 65.5 Å². The van der Waals surface area contributed by atoms with E-state index in [-0.39, 0.29) is 24.2 Å². The van der Waals surface area contributed by atoms with Gasteiger partial charge in [-0.3, -0.25) is 14.5 Å². The number of carbonyl (C=O) groups is 2. The fraction of sp³-hybridized carbons (Fsp3) is 0.400. The molecule has 1 aliphatic rings. The minimum Gasteiger partial charge on any atom is -0.340 e. The Morgan fingerprint density at radius 1 is 1.30 bits per heavy atom. The summed E-state index contributed by atoms with van der Waals surface area (Å²) in [4.78, 5) is 31.4. The van der Waals surface area contributed by atoms with Gasteiger partial charge >= 0.3 is 0 Å². The molecule has 1 fully saturated rings. The van der Waals surface area contributed by atoms with Gasteiger partial charge in [0.15, 0.2) is 5.13 Å². The summed E-state index contributed by atoms with van der Waals surface area (Å²) < 4.78 is 13.9. The van der Waals surface area contributed by atoms with Crippen molar-refractivity contribution in [1.82, 2.24) is 14.8 Å². The standard InChI is InChI=1S/C15H17FN4O2S/c1-10(21)20-6-4-19(5-7-20)9-14(22)18-15-17-12-3-2-11(16)8-13(12)23-15/h2-3,8H,4-7,9H2,1H3,(H,17,18,22). The average Bonchev–Trinajstić information content (AvgIpc) is 2.88. The molecule has 23 heavy (non-hydrogen) atoms. The summed E-state index contributed by atoms with van der Waals surface area (Å²) in [5.41, 5.74) is 0.668. The number of rotatable bonds is 3. The summed E-state index contributed by atoms with van der Waals surface area (Å²) in [6.07, 6.45) is 0. The van der Waals surface area contributed by atoms with Crippen LogP contribution in [0.5, 0.6) is 0 Å². The Bertz CT molecular complexity index is 740. The molecule has 8 heteroatoms. The molecule has 0 unspecified atom stereocenters. The highest BCUT2D eigenvalue weighted by Gasteiger charge is 2.20. The molecule has 0 atom stereocenters. The fourth-order valence-corrected chi connectivity index (χ4v) is 3.44. The van der Waals surface area contributed by atoms with Crippen LogP contribution in [0.4, 0.5) is 9.52 Å². The molecule has 0 saturated carbocycles. The Morgan fingerprint density at radius 3 is 2.74 bits per heavy atom. The number of halogens is 1. The minimum absolute atomic E-state index is 0.0656. The molecule has 1 aliphatic heterocycles. The first-order valence-electron chi connectivity index (χ1n) is 7.35. The summed E-state index contributed by atoms with van der Waals surface area (Å²) in [7, 11) is 0. The molecule has 2 amide bonds. The van der Waals surface area contributed by atoms with Crippen molar-refractivity contribution in [2.24, 2.45) is 0 Å². The second-order valence-corrected chi connectivity index (χ2v) is 6.49. The van der Waals surface area contributed by atoms with Crippen LogP contribution in [-0.2, 0) is 9.59 Å². The summed E-state index contributed by atoms with van der Waals surface area (Å²) in [5, 5.41) is 3.23. The Labute approximate surface area is 136 Å². The van der Waals surface area contributed by atoms with Crippen LogP contribution in [0.3, 0.4) is 0 Å². The van der Waals surface area contributed by atoms with Crippen molar-refractivity contribution in [3.8, 4) is 0 Å². The number of fused-ring (bicyclic) bond motifs is 1. The lowest BCUT2D eigenvalue weighted by Crippen LogP contribution is -2.49. The van der Waals surface area contributed by atoms with Gasteiger partial charge < -0.3 is 10.2 Å². The number of hydrogen-bond donors (Lipinski definition) is 1. The summed E-state index contributed by atoms with van der Waals surface area (Å²) in [6, 6.07) is 4.35. The molecule has 0 spiro atoms. The number of thiazole rings is 1. The molecule has 122 valence electrons. The number of carbonyl (C=O) groups excluding carboxylic acids is 2. The summed E-state index contributed by atoms with van der Waals surface area (Å²) >= 11 is 1.25. The van der Waals surface area contributed by atoms with Gasteiger partial charge in [-0.2, -0.15) is 0 Å². The third kappa shape index (κ3) is 3.83. The number of nitrogens with one attached hydrogen (secondary N) is 1. The molecule has 2 heterocycles. The Kier molecular flexibility index (Phi) is 4.53. The fourth-order valence-electron chi connectivity index (χ4n) is 2.53. The highest BCUT2D eigenvalue weighted by Crippen LogP contribution is 2.26. The second kappa shape index (κ2) is 6.59. The van der Waals surface area contributed by atoms with E-state index in [1.165, 1.54) is 23.5 Å². The van der Waals surface area contributed by atoms with E-state index in [9.17, 15) is 14.0 Å². The second-order valence-electron chi connectivity index (χ2n) is 5.46. The number of benzene rings is 1. The third-order valence-electron chi connectivity index (χ3n) is 3.78. The molecule has 1 aromatic heterocycles. The van der Waals surface area contributed by atoms with E-state index in [1.54, 1.807) is 17.9 Å². The summed E-state index contributed by atoms with van der Waals surface area (Å²) in [6.45, 7) is 4.45. The van der Waals surface area contributed by atoms with Gasteiger partial charge in [-0.15, -0.1) is 0 Å². The zero-order valence-corrected chi connectivity index (χ0v) is 13.5. The van der Waals surface area contributed by atoms with Crippen LogP contribution in [0.2, 0.25) is 0 Å². The molecule has 1 saturated heterocycles. The molecule has 1 aromatic carbocycles. The van der Waals surface area contributed by atoms with Crippen molar-refractivity contribution >= 4 is 38.5 Å². The monoisotopic (exact) mass is 336 g/mol. The van der Waals surface area contributed by atoms with Crippen molar-refractivity contribution in [3.63, 3.8) is 0 Å². The molecule has 0 bridgehead atoms. The molecular weight excluding hydrogens is 319 g/mol. The smallest absolute Gasteiger partial charge is 0.240 e. The lowest BCUT2D eigenvalue weighted by Gasteiger charge is -2.33. The zero-order chi connectivity index (χ0) is 16.4. The van der Waals surface area contributed by atoms with Crippen molar-refractivity contribution in [2.45, 2.75) is 6.92 Å². The molecule has 3 rings (SSSR count). The van der Waals surface area contributed by atoms with Crippen LogP contribution >= 0.6 is 11.3 Å². The number of anilines is 1. The van der Waals surface area contributed by atoms with E-state index >= 15 is 0 Å². The van der Waals surface area contributed by atoms with Crippen LogP contribution in [-0.4, -0.2) is 59.3 Å². The normalized spacial score (nSPS) is 15.8. The number of hydrogen-bond acceptors (Lipinski definition) is 5. The van der Waals surface area contributed by atoms with Gasteiger partial charge in [0.1, 0.15) is 5.82 Å². The number of aromatic nitrogens is 1. The van der Waals surface area contributed by atoms with Crippen molar-refractivity contribution in [2.75, 3.05) is 38.0 Å². The quantitative estimate of drug-likeness (QED) is 0.923. The number of amides is 2. The first kappa shape index (κ1) is 15.8. The van der Waals surface area contributed by atoms with Gasteiger partial charge in [0, 0.05) is 33.1 Å². The first-order chi connectivity index (χ1) is 11.0. The molecule has 0 radical (unpaired) electrons. The van der Waals surface area contributed by atoms with Crippen molar-refractivity contribution in [3.05, 3.63) is 24.0 Å². The molecule has 0 aliphatic carbocycles. The predicted molar refractivity (Wildman–Crippen MR) is 86.9 cm³/mol. The Hall–Kier alpha value is -2.06. The molecular formula is C15H17FN4O2S. The minimum atomic E-state index is -0.317. The number of nitrogens with zero attached hydrogens (tertiary/aromatic N) is 3. The largest absolute Gasteiger partial charge is 0.340 e. The molecule has 1 N–H and O–H groups in total. The van der Waals surface area contributed by atoms with Crippen LogP contribution < -0.4 is 5.32 Å². The van der Waals surface area contributed by atoms with Gasteiger partial charge in [0.25, 0.3) is 0 Å². The third-order valence-corrected chi connectivity index (χ3v) is 4.72. The maximum atomic E-state index is 13.2. The number of piperazine rings is 1. The predicted octanol–water partition coefficient (Wildman–Crippen LogP) is 1.54. The average molecular weight is 336 g/mol. The van der Waals surface area contributed by atoms with Gasteiger partial charge in [-0.25, -0.2) is 9.37 Å². The Morgan fingerprint density at radius 2 is 2.04 bits per heavy atom. The van der Waals surface area contributed by atoms with Crippen molar-refractivity contribution in [1.29, 1.82) is 0 Å². The van der Waals surface area contributed by atoms with Crippen LogP contribution in [0.15, 0.2) is 18.2 Å². The van der Waals surface area contributed by atoms with E-state index in [0.717, 1.165) is 0 Å². The first-order valence-corrected chi connectivity index (χ1v) is 8.17. The van der Waals surface area contributed by atoms with Crippen LogP contribution in [0.1, 0.15) is 6.92 Å². The van der Waals surface area contributed by atoms with E-state index in [1.807, 2.05) is 4.90 Å². The van der Waals surface area contributed by atoms with Gasteiger partial charge in [0.05, 0.1) is 16.8 Å². The van der Waals surface area contributed by atoms with E-state index < -0.39 is 0 Å². The zero-order valence-electron chi connectivity index (χ0n) is 12.7. The van der Waals surface area contributed by atoms with Crippen LogP contribution in [0.25, 0.3) is 10.2 Å². The van der Waals surface area contributed by atoms with E-state index in [2.05, 4.69) is 10.3 Å².